The van der Waals surface area contributed by atoms with Gasteiger partial charge in [-0.05, 0) is 0 Å². The molecule has 68 valence electrons. The van der Waals surface area contributed by atoms with Crippen LogP contribution in [0.2, 0.25) is 0 Å². The molecule has 0 aliphatic carbocycles. The highest BCUT2D eigenvalue weighted by molar-refractivity contribution is 7.09. The van der Waals surface area contributed by atoms with Crippen molar-refractivity contribution < 1.29 is 9.47 Å². The van der Waals surface area contributed by atoms with E-state index in [1.165, 1.54) is 17.9 Å². The molecule has 0 saturated heterocycles. The van der Waals surface area contributed by atoms with Crippen LogP contribution in [0.5, 0.6) is 0 Å². The maximum Gasteiger partial charge on any atom is 0.202 e. The van der Waals surface area contributed by atoms with Gasteiger partial charge in [0.1, 0.15) is 6.33 Å². The molecule has 0 fully saturated rings. The van der Waals surface area contributed by atoms with Gasteiger partial charge in [-0.1, -0.05) is 0 Å². The fourth-order valence-corrected chi connectivity index (χ4v) is 1.12. The molecule has 0 aliphatic rings. The van der Waals surface area contributed by atoms with Crippen LogP contribution in [-0.4, -0.2) is 36.4 Å². The van der Waals surface area contributed by atoms with E-state index in [1.807, 2.05) is 0 Å². The van der Waals surface area contributed by atoms with Crippen molar-refractivity contribution in [3.05, 3.63) is 6.33 Å². The highest BCUT2D eigenvalue weighted by atomic mass is 32.1. The van der Waals surface area contributed by atoms with Crippen LogP contribution in [0, 0.1) is 0 Å². The van der Waals surface area contributed by atoms with Gasteiger partial charge < -0.3 is 14.8 Å². The van der Waals surface area contributed by atoms with Crippen molar-refractivity contribution in [3.63, 3.8) is 0 Å². The number of aromatic nitrogens is 2. The summed E-state index contributed by atoms with van der Waals surface area (Å²) in [5.74, 6) is 0. The Bertz CT molecular complexity index is 201. The molecule has 0 atom stereocenters. The van der Waals surface area contributed by atoms with Gasteiger partial charge in [0.2, 0.25) is 5.13 Å². The third kappa shape index (κ3) is 2.72. The molecular formula is C6H11N3O2S. The van der Waals surface area contributed by atoms with Crippen molar-refractivity contribution in [1.82, 2.24) is 9.36 Å². The fourth-order valence-electron chi connectivity index (χ4n) is 0.685. The monoisotopic (exact) mass is 189 g/mol. The molecule has 1 heterocycles. The van der Waals surface area contributed by atoms with Gasteiger partial charge in [0.25, 0.3) is 0 Å². The van der Waals surface area contributed by atoms with E-state index in [9.17, 15) is 0 Å². The SMILES string of the molecule is COC(CNc1ncns1)OC. The molecule has 12 heavy (non-hydrogen) atoms. The fraction of sp³-hybridized carbons (Fsp3) is 0.667. The lowest BCUT2D eigenvalue weighted by molar-refractivity contribution is -0.0914. The van der Waals surface area contributed by atoms with Gasteiger partial charge in [-0.3, -0.25) is 0 Å². The molecule has 0 bridgehead atoms. The van der Waals surface area contributed by atoms with E-state index in [2.05, 4.69) is 14.7 Å². The minimum atomic E-state index is -0.242. The Hall–Kier alpha value is -0.720. The largest absolute Gasteiger partial charge is 0.355 e. The van der Waals surface area contributed by atoms with Crippen molar-refractivity contribution in [2.75, 3.05) is 26.1 Å². The Morgan fingerprint density at radius 1 is 1.58 bits per heavy atom. The number of hydrogen-bond donors (Lipinski definition) is 1. The maximum atomic E-state index is 4.97. The summed E-state index contributed by atoms with van der Waals surface area (Å²) in [5.41, 5.74) is 0. The Morgan fingerprint density at radius 2 is 2.33 bits per heavy atom. The molecule has 0 amide bonds. The van der Waals surface area contributed by atoms with Gasteiger partial charge in [-0.2, -0.15) is 4.37 Å². The van der Waals surface area contributed by atoms with Gasteiger partial charge >= 0.3 is 0 Å². The van der Waals surface area contributed by atoms with E-state index in [-0.39, 0.29) is 6.29 Å². The van der Waals surface area contributed by atoms with Crippen molar-refractivity contribution in [2.45, 2.75) is 6.29 Å². The first-order valence-corrected chi connectivity index (χ1v) is 4.20. The number of anilines is 1. The second-order valence-corrected chi connectivity index (χ2v) is 2.81. The molecule has 0 radical (unpaired) electrons. The minimum Gasteiger partial charge on any atom is -0.355 e. The van der Waals surface area contributed by atoms with Crippen LogP contribution < -0.4 is 5.32 Å². The molecule has 0 aliphatic heterocycles. The van der Waals surface area contributed by atoms with Crippen molar-refractivity contribution in [2.24, 2.45) is 0 Å². The van der Waals surface area contributed by atoms with Crippen LogP contribution in [0.25, 0.3) is 0 Å². The van der Waals surface area contributed by atoms with Gasteiger partial charge in [0, 0.05) is 25.8 Å². The number of methoxy groups -OCH3 is 2. The quantitative estimate of drug-likeness (QED) is 0.686. The zero-order valence-corrected chi connectivity index (χ0v) is 7.80. The molecule has 5 nitrogen and oxygen atoms in total. The molecule has 0 unspecified atom stereocenters. The third-order valence-corrected chi connectivity index (χ3v) is 1.93. The minimum absolute atomic E-state index is 0.242. The molecule has 1 N–H and O–H groups in total. The average Bonchev–Trinajstić information content (AvgIpc) is 2.59. The number of hydrogen-bond acceptors (Lipinski definition) is 6. The topological polar surface area (TPSA) is 56.3 Å². The lowest BCUT2D eigenvalue weighted by Crippen LogP contribution is -2.23. The van der Waals surface area contributed by atoms with Gasteiger partial charge in [-0.15, -0.1) is 0 Å². The summed E-state index contributed by atoms with van der Waals surface area (Å²) in [6, 6.07) is 0. The Kier molecular flexibility index (Phi) is 3.92. The van der Waals surface area contributed by atoms with Crippen molar-refractivity contribution >= 4 is 16.7 Å². The molecule has 0 aromatic carbocycles. The summed E-state index contributed by atoms with van der Waals surface area (Å²) in [6.07, 6.45) is 1.26. The summed E-state index contributed by atoms with van der Waals surface area (Å²) in [6.45, 7) is 0.572. The molecule has 1 rings (SSSR count). The molecule has 0 saturated carbocycles. The standard InChI is InChI=1S/C6H11N3O2S/c1-10-5(11-2)3-7-6-8-4-9-12-6/h4-5H,3H2,1-2H3,(H,7,8,9). The van der Waals surface area contributed by atoms with E-state index in [0.717, 1.165) is 5.13 Å². The Morgan fingerprint density at radius 3 is 2.83 bits per heavy atom. The van der Waals surface area contributed by atoms with E-state index in [4.69, 9.17) is 9.47 Å². The van der Waals surface area contributed by atoms with Crippen LogP contribution in [0.4, 0.5) is 5.13 Å². The first-order valence-electron chi connectivity index (χ1n) is 3.43. The van der Waals surface area contributed by atoms with Crippen molar-refractivity contribution in [3.8, 4) is 0 Å². The van der Waals surface area contributed by atoms with Gasteiger partial charge in [-0.25, -0.2) is 4.98 Å². The lowest BCUT2D eigenvalue weighted by atomic mass is 10.6. The van der Waals surface area contributed by atoms with Gasteiger partial charge in [0.15, 0.2) is 6.29 Å². The first kappa shape index (κ1) is 9.37. The molecule has 6 heteroatoms. The summed E-state index contributed by atoms with van der Waals surface area (Å²) in [7, 11) is 3.19. The summed E-state index contributed by atoms with van der Waals surface area (Å²) in [5, 5.41) is 3.79. The molecular weight excluding hydrogens is 178 g/mol. The number of nitrogens with one attached hydrogen (secondary N) is 1. The predicted octanol–water partition coefficient (Wildman–Crippen LogP) is 0.569. The maximum absolute atomic E-state index is 4.97. The zero-order chi connectivity index (χ0) is 8.81. The Balaban J connectivity index is 2.25. The average molecular weight is 189 g/mol. The zero-order valence-electron chi connectivity index (χ0n) is 6.98. The van der Waals surface area contributed by atoms with Gasteiger partial charge in [0.05, 0.1) is 6.54 Å². The van der Waals surface area contributed by atoms with Crippen LogP contribution in [-0.2, 0) is 9.47 Å². The summed E-state index contributed by atoms with van der Waals surface area (Å²) < 4.78 is 13.8. The predicted molar refractivity (Wildman–Crippen MR) is 46.2 cm³/mol. The van der Waals surface area contributed by atoms with Crippen LogP contribution >= 0.6 is 11.5 Å². The summed E-state index contributed by atoms with van der Waals surface area (Å²) >= 11 is 1.30. The third-order valence-electron chi connectivity index (χ3n) is 1.31. The lowest BCUT2D eigenvalue weighted by Gasteiger charge is -2.12. The highest BCUT2D eigenvalue weighted by Crippen LogP contribution is 2.06. The number of rotatable bonds is 5. The smallest absolute Gasteiger partial charge is 0.202 e. The normalized spacial score (nSPS) is 10.6. The van der Waals surface area contributed by atoms with E-state index in [1.54, 1.807) is 14.2 Å². The number of ether oxygens (including phenoxy) is 2. The van der Waals surface area contributed by atoms with E-state index >= 15 is 0 Å². The molecule has 1 aromatic rings. The molecule has 1 aromatic heterocycles. The van der Waals surface area contributed by atoms with E-state index < -0.39 is 0 Å². The highest BCUT2D eigenvalue weighted by Gasteiger charge is 2.04. The Labute approximate surface area is 74.9 Å². The van der Waals surface area contributed by atoms with E-state index in [0.29, 0.717) is 6.54 Å². The van der Waals surface area contributed by atoms with Crippen LogP contribution in [0.3, 0.4) is 0 Å². The molecule has 0 spiro atoms. The first-order chi connectivity index (χ1) is 5.86. The van der Waals surface area contributed by atoms with Crippen molar-refractivity contribution in [1.29, 1.82) is 0 Å². The van der Waals surface area contributed by atoms with Crippen LogP contribution in [0.15, 0.2) is 6.33 Å². The second kappa shape index (κ2) is 5.02. The van der Waals surface area contributed by atoms with Crippen LogP contribution in [0.1, 0.15) is 0 Å². The summed E-state index contributed by atoms with van der Waals surface area (Å²) in [4.78, 5) is 3.94. The second-order valence-electron chi connectivity index (χ2n) is 2.03. The number of nitrogens with zero attached hydrogens (tertiary/aromatic N) is 2.